The van der Waals surface area contributed by atoms with E-state index < -0.39 is 63.3 Å². The zero-order valence-electron chi connectivity index (χ0n) is 67.9. The van der Waals surface area contributed by atoms with Gasteiger partial charge in [0, 0.05) is 89.1 Å². The number of hydrogen-bond donors (Lipinski definition) is 9. The minimum absolute atomic E-state index is 0. The number of nitrogens with two attached hydrogens (primary N) is 2. The first-order valence-corrected chi connectivity index (χ1v) is 40.7. The number of nitrogens with one attached hydrogen (secondary N) is 5. The van der Waals surface area contributed by atoms with E-state index in [9.17, 15) is 59.9 Å². The number of anilines is 10. The number of sulfone groups is 3. The van der Waals surface area contributed by atoms with Crippen molar-refractivity contribution in [1.82, 2.24) is 44.6 Å². The van der Waals surface area contributed by atoms with Crippen LogP contribution in [-0.2, 0) is 70.7 Å². The molecule has 0 fully saturated rings. The van der Waals surface area contributed by atoms with Gasteiger partial charge in [0.05, 0.1) is 127 Å². The number of carboxylic acid groups (broad SMARTS) is 3. The predicted molar refractivity (Wildman–Crippen MR) is 457 cm³/mol. The Labute approximate surface area is 748 Å². The maximum absolute atomic E-state index is 13.6. The number of nitro groups is 2. The summed E-state index contributed by atoms with van der Waals surface area (Å²) in [4.78, 5) is 104. The summed E-state index contributed by atoms with van der Waals surface area (Å²) in [6.45, 7) is -0.289. The van der Waals surface area contributed by atoms with Crippen LogP contribution in [-0.4, -0.2) is 204 Å². The number of nitro benzene ring substituents is 2. The van der Waals surface area contributed by atoms with Gasteiger partial charge >= 0.3 is 57.4 Å². The summed E-state index contributed by atoms with van der Waals surface area (Å²) in [5.41, 5.74) is 17.9. The molecular weight excluding hydrogens is 1680 g/mol. The van der Waals surface area contributed by atoms with Crippen LogP contribution < -0.4 is 109 Å². The molecule has 0 spiro atoms. The average Bonchev–Trinajstić information content (AvgIpc) is 0.792. The van der Waals surface area contributed by atoms with E-state index in [1.807, 2.05) is 24.3 Å². The summed E-state index contributed by atoms with van der Waals surface area (Å²) < 4.78 is 95.5. The van der Waals surface area contributed by atoms with Crippen molar-refractivity contribution >= 4 is 162 Å². The van der Waals surface area contributed by atoms with Gasteiger partial charge in [-0.15, -0.1) is 0 Å². The van der Waals surface area contributed by atoms with Crippen LogP contribution in [0.4, 0.5) is 68.6 Å². The number of nitrogen functional groups attached to an aromatic ring is 2. The van der Waals surface area contributed by atoms with E-state index in [0.29, 0.717) is 84.5 Å². The number of methoxy groups -OCH3 is 3. The second kappa shape index (κ2) is 46.6. The Hall–Kier alpha value is -13.1. The van der Waals surface area contributed by atoms with Crippen molar-refractivity contribution in [2.45, 2.75) is 31.9 Å². The van der Waals surface area contributed by atoms with Gasteiger partial charge in [0.2, 0.25) is 11.8 Å². The average molecular weight is 1770 g/mol. The number of amides is 2. The number of carbonyl (C=O) groups is 5. The fourth-order valence-electron chi connectivity index (χ4n) is 11.0. The first kappa shape index (κ1) is 98.7. The molecule has 43 heteroatoms. The number of nitrogens with zero attached hydrogens (tertiary/aromatic N) is 11. The normalized spacial score (nSPS) is 10.8. The molecule has 0 radical (unpaired) electrons. The van der Waals surface area contributed by atoms with Gasteiger partial charge in [-0.1, -0.05) is 54.6 Å². The molecule has 12 rings (SSSR count). The number of non-ortho nitro benzene ring substituents is 2. The van der Waals surface area contributed by atoms with Crippen molar-refractivity contribution in [1.29, 1.82) is 0 Å². The zero-order chi connectivity index (χ0) is 89.6. The second-order valence-electron chi connectivity index (χ2n) is 26.6. The monoisotopic (exact) mass is 1770 g/mol. The number of carbonyl (C=O) groups excluding carboxylic acids is 3. The summed E-state index contributed by atoms with van der Waals surface area (Å²) in [5.74, 6) is -0.841. The number of hydrogen-bond acceptors (Lipinski definition) is 33. The van der Waals surface area contributed by atoms with Gasteiger partial charge in [0.1, 0.15) is 34.5 Å². The van der Waals surface area contributed by atoms with E-state index in [1.54, 1.807) is 166 Å². The van der Waals surface area contributed by atoms with Crippen LogP contribution in [0, 0.1) is 20.2 Å². The van der Waals surface area contributed by atoms with Gasteiger partial charge in [0.25, 0.3) is 17.8 Å². The summed E-state index contributed by atoms with van der Waals surface area (Å²) in [5, 5.41) is 60.4. The number of aliphatic carboxylic acids is 1. The Morgan fingerprint density at radius 2 is 0.756 bits per heavy atom. The molecule has 12 aromatic rings. The Morgan fingerprint density at radius 3 is 1.13 bits per heavy atom. The Bertz CT molecular complexity index is 6140. The van der Waals surface area contributed by atoms with Crippen LogP contribution in [0.3, 0.4) is 0 Å². The van der Waals surface area contributed by atoms with E-state index in [2.05, 4.69) is 56.5 Å². The maximum Gasteiger partial charge on any atom is 1.00 e. The van der Waals surface area contributed by atoms with Gasteiger partial charge in [0.15, 0.2) is 47.0 Å². The van der Waals surface area contributed by atoms with Gasteiger partial charge in [-0.3, -0.25) is 44.3 Å². The van der Waals surface area contributed by atoms with Crippen LogP contribution in [0.15, 0.2) is 215 Å². The quantitative estimate of drug-likeness (QED) is 0.00926. The van der Waals surface area contributed by atoms with Crippen molar-refractivity contribution < 1.29 is 140 Å². The van der Waals surface area contributed by atoms with Crippen LogP contribution in [0.25, 0.3) is 33.1 Å². The molecule has 0 aliphatic carbocycles. The molecule has 0 unspecified atom stereocenters. The van der Waals surface area contributed by atoms with Crippen molar-refractivity contribution in [2.75, 3.05) is 121 Å². The standard InChI is InChI=1S/C30H35N7O5S.C22H17N5O7S.C22H21N5O3S.C4H9NO2.2CH2O2.K/c1-36(2)17-28(38)31-20-9-8-10-24(16-20)43(40,41)19-27-30(35-26-12-7-6-11-25(26)34-27)33-22-13-21(14-23(15-22)42-5)32-29(39)18-37(3)4;1-34-17-10-14(9-16(11-17)27(30)31)23-22-21(24-19-7-2-3-8-20(19)25-22)13-35(32,33)18-6-4-5-15(12-18)26(28)29;1-30-17-10-15(24)9-16(12-17)25-22-21(26-19-7-2-3-8-20(19)27-22)13-31(28,29)18-6-4-5-14(23)11-18;1-5(2)3-4(6)7;2*2-1-3;/h6-16H,17-19H2,1-5H3,(H,31,38)(H,32,39)(H,33,35);2-12H,13H2,1H3,(H,23,25);2-12H,13,23-24H2,1H3,(H,25,27);3H2,1-2H3,(H,6,7);2*1H,(H,2,3);/q;;;;;;+1/p-1. The fraction of sp³-hybridized carbons (Fsp3) is 0.188. The van der Waals surface area contributed by atoms with Gasteiger partial charge in [-0.2, -0.15) is 0 Å². The number of rotatable bonds is 28. The minimum atomic E-state index is -4.07. The van der Waals surface area contributed by atoms with Crippen LogP contribution in [0.2, 0.25) is 0 Å². The summed E-state index contributed by atoms with van der Waals surface area (Å²) in [7, 11) is 3.27. The number of aromatic nitrogens is 6. The van der Waals surface area contributed by atoms with Crippen LogP contribution in [0.1, 0.15) is 17.1 Å². The smallest absolute Gasteiger partial charge is 0.554 e. The Balaban J connectivity index is 0.000000267. The number of likely N-dealkylation sites (N-methyl/N-ethyl adjacent to an activating group) is 3. The molecule has 0 bridgehead atoms. The zero-order valence-corrected chi connectivity index (χ0v) is 73.5. The molecule has 2 amide bonds. The molecular formula is C80H85KN18O21S3. The molecule has 0 aliphatic heterocycles. The molecule has 0 aliphatic rings. The molecule has 0 saturated carbocycles. The first-order chi connectivity index (χ1) is 57.9. The van der Waals surface area contributed by atoms with E-state index in [-0.39, 0.29) is 161 Å². The summed E-state index contributed by atoms with van der Waals surface area (Å²) in [6.07, 6.45) is 0. The fourth-order valence-corrected chi connectivity index (χ4v) is 14.9. The number of fused-ring (bicyclic) bond motifs is 3. The van der Waals surface area contributed by atoms with Crippen molar-refractivity contribution in [2.24, 2.45) is 0 Å². The third-order valence-electron chi connectivity index (χ3n) is 16.1. The van der Waals surface area contributed by atoms with E-state index in [4.69, 9.17) is 50.6 Å². The Kier molecular flexibility index (Phi) is 37.4. The number of para-hydroxylation sites is 6. The number of ether oxygens (including phenoxy) is 3. The molecule has 3 aromatic heterocycles. The van der Waals surface area contributed by atoms with Gasteiger partial charge in [-0.05, 0) is 133 Å². The molecule has 0 saturated heterocycles. The third-order valence-corrected chi connectivity index (χ3v) is 21.0. The largest absolute Gasteiger partial charge is 1.00 e. The molecule has 9 aromatic carbocycles. The van der Waals surface area contributed by atoms with Crippen molar-refractivity contribution in [3.63, 3.8) is 0 Å². The van der Waals surface area contributed by atoms with Gasteiger partial charge < -0.3 is 82.2 Å². The second-order valence-corrected chi connectivity index (χ2v) is 32.5. The van der Waals surface area contributed by atoms with Crippen molar-refractivity contribution in [3.05, 3.63) is 238 Å². The molecule has 39 nitrogen and oxygen atoms in total. The first-order valence-electron chi connectivity index (χ1n) is 35.7. The molecule has 640 valence electrons. The third kappa shape index (κ3) is 30.8. The minimum Gasteiger partial charge on any atom is -0.554 e. The van der Waals surface area contributed by atoms with Crippen LogP contribution in [0.5, 0.6) is 17.2 Å². The van der Waals surface area contributed by atoms with E-state index in [0.717, 1.165) is 6.07 Å². The Morgan fingerprint density at radius 1 is 0.423 bits per heavy atom. The predicted octanol–water partition coefficient (Wildman–Crippen LogP) is 5.75. The maximum atomic E-state index is 13.6. The molecule has 11 N–H and O–H groups in total. The molecule has 123 heavy (non-hydrogen) atoms. The van der Waals surface area contributed by atoms with Crippen LogP contribution >= 0.6 is 0 Å². The summed E-state index contributed by atoms with van der Waals surface area (Å²) in [6, 6.07) is 52.4. The van der Waals surface area contributed by atoms with E-state index in [1.165, 1.54) is 82.0 Å². The summed E-state index contributed by atoms with van der Waals surface area (Å²) >= 11 is 0. The molecule has 3 heterocycles. The topological polar surface area (TPSA) is 565 Å². The number of benzene rings is 9. The van der Waals surface area contributed by atoms with E-state index >= 15 is 0 Å². The SMILES string of the molecule is CN(C)CC(=O)O.COc1cc(N)cc(Nc2nc3ccccc3nc2CS(=O)(=O)c2cccc(N)c2)c1.COc1cc(NC(=O)CN(C)C)cc(Nc2nc3ccccc3nc2CS(=O)(=O)c2cccc(NC(=O)CN(C)C)c2)c1.COc1cc(Nc2nc3ccccc3nc2CS(=O)(=O)c2cccc([N+](=O)[O-])c2)cc([N+](=O)[O-])c1.O=CO.O=C[O-].[K+]. The molecule has 0 atom stereocenters. The van der Waals surface area contributed by atoms with Crippen molar-refractivity contribution in [3.8, 4) is 17.2 Å². The van der Waals surface area contributed by atoms with Gasteiger partial charge in [-0.25, -0.2) is 55.2 Å². The number of carboxylic acids is 1.